The highest BCUT2D eigenvalue weighted by molar-refractivity contribution is 6.30. The fraction of sp³-hybridized carbons (Fsp3) is 0.200. The summed E-state index contributed by atoms with van der Waals surface area (Å²) in [5, 5.41) is 3.66. The Kier molecular flexibility index (Phi) is 5.51. The Morgan fingerprint density at radius 3 is 2.60 bits per heavy atom. The summed E-state index contributed by atoms with van der Waals surface area (Å²) < 4.78 is 5.72. The number of hydrogen-bond acceptors (Lipinski definition) is 3. The van der Waals surface area contributed by atoms with E-state index in [1.165, 1.54) is 0 Å². The van der Waals surface area contributed by atoms with Crippen molar-refractivity contribution in [3.63, 3.8) is 0 Å². The molecule has 1 heterocycles. The number of halogens is 1. The molecule has 0 aliphatic heterocycles. The lowest BCUT2D eigenvalue weighted by atomic mass is 10.1. The number of carbonyl (C=O) groups is 1. The van der Waals surface area contributed by atoms with Crippen molar-refractivity contribution in [1.82, 2.24) is 10.3 Å². The summed E-state index contributed by atoms with van der Waals surface area (Å²) in [4.78, 5) is 16.4. The average molecular weight is 355 g/mol. The number of aryl methyl sites for hydroxylation is 1. The van der Waals surface area contributed by atoms with Crippen molar-refractivity contribution in [2.75, 3.05) is 0 Å². The third-order valence-electron chi connectivity index (χ3n) is 3.93. The van der Waals surface area contributed by atoms with Gasteiger partial charge in [-0.3, -0.25) is 4.79 Å². The molecular weight excluding hydrogens is 336 g/mol. The van der Waals surface area contributed by atoms with Crippen molar-refractivity contribution in [2.24, 2.45) is 0 Å². The van der Waals surface area contributed by atoms with E-state index in [0.29, 0.717) is 29.5 Å². The zero-order valence-corrected chi connectivity index (χ0v) is 14.7. The smallest absolute Gasteiger partial charge is 0.220 e. The van der Waals surface area contributed by atoms with Crippen molar-refractivity contribution in [2.45, 2.75) is 25.8 Å². The Morgan fingerprint density at radius 1 is 1.16 bits per heavy atom. The highest BCUT2D eigenvalue weighted by Gasteiger charge is 2.12. The molecule has 3 aromatic rings. The molecule has 0 saturated carbocycles. The zero-order valence-electron chi connectivity index (χ0n) is 13.9. The third-order valence-corrected chi connectivity index (χ3v) is 4.18. The Hall–Kier alpha value is -2.59. The number of nitrogens with one attached hydrogen (secondary N) is 1. The van der Waals surface area contributed by atoms with Crippen LogP contribution < -0.4 is 5.32 Å². The van der Waals surface area contributed by atoms with Crippen LogP contribution in [0.15, 0.2) is 65.2 Å². The second-order valence-corrected chi connectivity index (χ2v) is 6.26. The van der Waals surface area contributed by atoms with Crippen LogP contribution in [0.2, 0.25) is 5.02 Å². The van der Waals surface area contributed by atoms with Crippen LogP contribution in [0.25, 0.3) is 11.3 Å². The maximum Gasteiger partial charge on any atom is 0.220 e. The van der Waals surface area contributed by atoms with Gasteiger partial charge in [0.15, 0.2) is 11.7 Å². The summed E-state index contributed by atoms with van der Waals surface area (Å²) in [6.45, 7) is 1.97. The lowest BCUT2D eigenvalue weighted by Gasteiger charge is -2.13. The van der Waals surface area contributed by atoms with Crippen molar-refractivity contribution < 1.29 is 9.21 Å². The summed E-state index contributed by atoms with van der Waals surface area (Å²) in [5.74, 6) is 1.19. The molecule has 0 spiro atoms. The van der Waals surface area contributed by atoms with Gasteiger partial charge in [-0.25, -0.2) is 4.98 Å². The number of hydrogen-bond donors (Lipinski definition) is 1. The van der Waals surface area contributed by atoms with Crippen LogP contribution in [0, 0.1) is 0 Å². The van der Waals surface area contributed by atoms with E-state index in [-0.39, 0.29) is 11.9 Å². The van der Waals surface area contributed by atoms with Gasteiger partial charge in [-0.1, -0.05) is 41.9 Å². The largest absolute Gasteiger partial charge is 0.441 e. The standard InChI is InChI=1S/C20H19ClN2O2/c1-14(15-5-3-2-4-6-15)23-19(24)11-12-20-22-13-18(25-20)16-7-9-17(21)10-8-16/h2-10,13-14H,11-12H2,1H3,(H,23,24). The van der Waals surface area contributed by atoms with Crippen molar-refractivity contribution in [3.8, 4) is 11.3 Å². The van der Waals surface area contributed by atoms with Crippen LogP contribution in [0.5, 0.6) is 0 Å². The van der Waals surface area contributed by atoms with Gasteiger partial charge in [0.05, 0.1) is 12.2 Å². The molecule has 0 saturated heterocycles. The maximum atomic E-state index is 12.1. The molecule has 3 rings (SSSR count). The van der Waals surface area contributed by atoms with Crippen LogP contribution in [-0.4, -0.2) is 10.9 Å². The Morgan fingerprint density at radius 2 is 1.88 bits per heavy atom. The fourth-order valence-corrected chi connectivity index (χ4v) is 2.66. The van der Waals surface area contributed by atoms with Crippen molar-refractivity contribution in [1.29, 1.82) is 0 Å². The number of nitrogens with zero attached hydrogens (tertiary/aromatic N) is 1. The molecule has 0 bridgehead atoms. The van der Waals surface area contributed by atoms with Gasteiger partial charge in [0.1, 0.15) is 0 Å². The summed E-state index contributed by atoms with van der Waals surface area (Å²) >= 11 is 5.88. The van der Waals surface area contributed by atoms with Gasteiger partial charge in [-0.05, 0) is 36.8 Å². The average Bonchev–Trinajstić information content (AvgIpc) is 3.10. The molecular formula is C20H19ClN2O2. The molecule has 128 valence electrons. The Balaban J connectivity index is 1.53. The first-order chi connectivity index (χ1) is 12.1. The second-order valence-electron chi connectivity index (χ2n) is 5.83. The van der Waals surface area contributed by atoms with Gasteiger partial charge < -0.3 is 9.73 Å². The van der Waals surface area contributed by atoms with E-state index in [0.717, 1.165) is 11.1 Å². The first kappa shape index (κ1) is 17.2. The van der Waals surface area contributed by atoms with E-state index in [2.05, 4.69) is 10.3 Å². The number of rotatable bonds is 6. The lowest BCUT2D eigenvalue weighted by Crippen LogP contribution is -2.26. The van der Waals surface area contributed by atoms with Crippen molar-refractivity contribution >= 4 is 17.5 Å². The summed E-state index contributed by atoms with van der Waals surface area (Å²) in [6, 6.07) is 17.2. The summed E-state index contributed by atoms with van der Waals surface area (Å²) in [7, 11) is 0. The topological polar surface area (TPSA) is 55.1 Å². The van der Waals surface area contributed by atoms with E-state index >= 15 is 0 Å². The molecule has 1 aromatic heterocycles. The minimum absolute atomic E-state index is 0.0251. The van der Waals surface area contributed by atoms with Crippen LogP contribution >= 0.6 is 11.6 Å². The molecule has 25 heavy (non-hydrogen) atoms. The highest BCUT2D eigenvalue weighted by Crippen LogP contribution is 2.22. The minimum atomic E-state index is -0.0254. The van der Waals surface area contributed by atoms with Crippen LogP contribution in [0.3, 0.4) is 0 Å². The van der Waals surface area contributed by atoms with Gasteiger partial charge >= 0.3 is 0 Å². The molecule has 1 unspecified atom stereocenters. The number of aromatic nitrogens is 1. The number of benzene rings is 2. The van der Waals surface area contributed by atoms with E-state index in [1.54, 1.807) is 18.3 Å². The molecule has 0 fully saturated rings. The fourth-order valence-electron chi connectivity index (χ4n) is 2.53. The molecule has 2 aromatic carbocycles. The first-order valence-electron chi connectivity index (χ1n) is 8.17. The van der Waals surface area contributed by atoms with Gasteiger partial charge in [0.25, 0.3) is 0 Å². The predicted molar refractivity (Wildman–Crippen MR) is 98.3 cm³/mol. The molecule has 1 N–H and O–H groups in total. The Labute approximate surface area is 151 Å². The molecule has 5 heteroatoms. The molecule has 0 aliphatic rings. The van der Waals surface area contributed by atoms with Crippen LogP contribution in [0.1, 0.15) is 30.8 Å². The van der Waals surface area contributed by atoms with Gasteiger partial charge in [0, 0.05) is 23.4 Å². The van der Waals surface area contributed by atoms with Gasteiger partial charge in [-0.15, -0.1) is 0 Å². The third kappa shape index (κ3) is 4.70. The number of oxazole rings is 1. The van der Waals surface area contributed by atoms with E-state index in [4.69, 9.17) is 16.0 Å². The monoisotopic (exact) mass is 354 g/mol. The predicted octanol–water partition coefficient (Wildman–Crippen LogP) is 4.81. The summed E-state index contributed by atoms with van der Waals surface area (Å²) in [5.41, 5.74) is 1.99. The van der Waals surface area contributed by atoms with E-state index in [1.807, 2.05) is 49.4 Å². The lowest BCUT2D eigenvalue weighted by molar-refractivity contribution is -0.121. The molecule has 4 nitrogen and oxygen atoms in total. The molecule has 1 amide bonds. The zero-order chi connectivity index (χ0) is 17.6. The highest BCUT2D eigenvalue weighted by atomic mass is 35.5. The van der Waals surface area contributed by atoms with Crippen LogP contribution in [-0.2, 0) is 11.2 Å². The van der Waals surface area contributed by atoms with Crippen molar-refractivity contribution in [3.05, 3.63) is 77.3 Å². The van der Waals surface area contributed by atoms with Crippen LogP contribution in [0.4, 0.5) is 0 Å². The molecule has 0 aliphatic carbocycles. The quantitative estimate of drug-likeness (QED) is 0.691. The minimum Gasteiger partial charge on any atom is -0.441 e. The van der Waals surface area contributed by atoms with Gasteiger partial charge in [0.2, 0.25) is 5.91 Å². The van der Waals surface area contributed by atoms with E-state index in [9.17, 15) is 4.79 Å². The second kappa shape index (κ2) is 7.99. The van der Waals surface area contributed by atoms with E-state index < -0.39 is 0 Å². The molecule has 1 atom stereocenters. The number of amides is 1. The first-order valence-corrected chi connectivity index (χ1v) is 8.54. The Bertz CT molecular complexity index is 828. The summed E-state index contributed by atoms with van der Waals surface area (Å²) in [6.07, 6.45) is 2.46. The molecule has 0 radical (unpaired) electrons. The van der Waals surface area contributed by atoms with Gasteiger partial charge in [-0.2, -0.15) is 0 Å². The SMILES string of the molecule is CC(NC(=O)CCc1ncc(-c2ccc(Cl)cc2)o1)c1ccccc1. The number of carbonyl (C=O) groups excluding carboxylic acids is 1. The maximum absolute atomic E-state index is 12.1. The normalized spacial score (nSPS) is 11.9.